The first-order valence-corrected chi connectivity index (χ1v) is 12.0. The molecule has 0 bridgehead atoms. The predicted octanol–water partition coefficient (Wildman–Crippen LogP) is 3.49. The number of fused-ring (bicyclic) bond motifs is 1. The maximum absolute atomic E-state index is 13.1. The molecule has 8 heteroatoms. The highest BCUT2D eigenvalue weighted by Crippen LogP contribution is 2.31. The van der Waals surface area contributed by atoms with E-state index in [2.05, 4.69) is 4.72 Å². The van der Waals surface area contributed by atoms with Crippen LogP contribution in [0.4, 0.5) is 11.4 Å². The highest BCUT2D eigenvalue weighted by atomic mass is 32.2. The van der Waals surface area contributed by atoms with Crippen molar-refractivity contribution in [2.24, 2.45) is 0 Å². The van der Waals surface area contributed by atoms with Crippen LogP contribution in [0.1, 0.15) is 12.0 Å². The standard InChI is InChI=1S/C20H20N2O4S2/c1-15-10-11-17(22-12-5-13-27(22,23)24)14-19(15)21-28(25,26)20-9-4-7-16-6-2-3-8-18(16)20/h2-4,6-11,14,21H,5,12-13H2,1H3. The highest BCUT2D eigenvalue weighted by molar-refractivity contribution is 7.93. The lowest BCUT2D eigenvalue weighted by Gasteiger charge is -2.19. The molecule has 4 rings (SSSR count). The van der Waals surface area contributed by atoms with Crippen LogP contribution in [-0.2, 0) is 20.0 Å². The van der Waals surface area contributed by atoms with Crippen molar-refractivity contribution < 1.29 is 16.8 Å². The topological polar surface area (TPSA) is 83.6 Å². The van der Waals surface area contributed by atoms with E-state index in [1.165, 1.54) is 4.31 Å². The number of sulfonamides is 2. The summed E-state index contributed by atoms with van der Waals surface area (Å²) in [5.74, 6) is 0.109. The lowest BCUT2D eigenvalue weighted by atomic mass is 10.1. The average Bonchev–Trinajstić information content (AvgIpc) is 3.02. The first kappa shape index (κ1) is 18.8. The van der Waals surface area contributed by atoms with Gasteiger partial charge in [0.2, 0.25) is 10.0 Å². The summed E-state index contributed by atoms with van der Waals surface area (Å²) >= 11 is 0. The third-order valence-electron chi connectivity index (χ3n) is 4.89. The number of benzene rings is 3. The molecule has 0 saturated carbocycles. The predicted molar refractivity (Wildman–Crippen MR) is 112 cm³/mol. The van der Waals surface area contributed by atoms with Crippen molar-refractivity contribution in [3.8, 4) is 0 Å². The Labute approximate surface area is 164 Å². The van der Waals surface area contributed by atoms with Crippen molar-refractivity contribution in [1.29, 1.82) is 0 Å². The number of nitrogens with one attached hydrogen (secondary N) is 1. The smallest absolute Gasteiger partial charge is 0.262 e. The monoisotopic (exact) mass is 416 g/mol. The van der Waals surface area contributed by atoms with Gasteiger partial charge in [0, 0.05) is 11.9 Å². The summed E-state index contributed by atoms with van der Waals surface area (Å²) in [6.45, 7) is 2.18. The summed E-state index contributed by atoms with van der Waals surface area (Å²) in [5, 5.41) is 1.47. The van der Waals surface area contributed by atoms with Crippen LogP contribution in [0.3, 0.4) is 0 Å². The van der Waals surface area contributed by atoms with Crippen LogP contribution >= 0.6 is 0 Å². The zero-order valence-corrected chi connectivity index (χ0v) is 16.9. The molecule has 0 unspecified atom stereocenters. The maximum atomic E-state index is 13.1. The molecule has 0 atom stereocenters. The Morgan fingerprint density at radius 3 is 2.50 bits per heavy atom. The molecule has 1 saturated heterocycles. The van der Waals surface area contributed by atoms with Crippen molar-refractivity contribution in [3.63, 3.8) is 0 Å². The molecule has 1 aliphatic rings. The second-order valence-corrected chi connectivity index (χ2v) is 10.5. The van der Waals surface area contributed by atoms with Crippen LogP contribution < -0.4 is 9.03 Å². The van der Waals surface area contributed by atoms with Gasteiger partial charge in [-0.1, -0.05) is 42.5 Å². The molecule has 6 nitrogen and oxygen atoms in total. The molecule has 146 valence electrons. The second kappa shape index (κ2) is 6.79. The SMILES string of the molecule is Cc1ccc(N2CCCS2(=O)=O)cc1NS(=O)(=O)c1cccc2ccccc12. The first-order valence-electron chi connectivity index (χ1n) is 8.90. The van der Waals surface area contributed by atoms with Crippen molar-refractivity contribution in [2.75, 3.05) is 21.3 Å². The van der Waals surface area contributed by atoms with Crippen LogP contribution in [0.2, 0.25) is 0 Å². The van der Waals surface area contributed by atoms with E-state index in [9.17, 15) is 16.8 Å². The first-order chi connectivity index (χ1) is 13.3. The van der Waals surface area contributed by atoms with Crippen LogP contribution in [0.25, 0.3) is 10.8 Å². The summed E-state index contributed by atoms with van der Waals surface area (Å²) in [5.41, 5.74) is 1.55. The van der Waals surface area contributed by atoms with E-state index in [-0.39, 0.29) is 10.6 Å². The maximum Gasteiger partial charge on any atom is 0.262 e. The van der Waals surface area contributed by atoms with Crippen molar-refractivity contribution in [3.05, 3.63) is 66.2 Å². The Morgan fingerprint density at radius 2 is 1.75 bits per heavy atom. The van der Waals surface area contributed by atoms with Gasteiger partial charge in [0.15, 0.2) is 0 Å². The zero-order valence-electron chi connectivity index (χ0n) is 15.3. The van der Waals surface area contributed by atoms with Crippen LogP contribution in [0.5, 0.6) is 0 Å². The molecule has 1 heterocycles. The minimum absolute atomic E-state index is 0.109. The summed E-state index contributed by atoms with van der Waals surface area (Å²) in [4.78, 5) is 0.184. The largest absolute Gasteiger partial charge is 0.279 e. The van der Waals surface area contributed by atoms with Gasteiger partial charge in [-0.2, -0.15) is 0 Å². The minimum Gasteiger partial charge on any atom is -0.279 e. The molecule has 1 fully saturated rings. The summed E-state index contributed by atoms with van der Waals surface area (Å²) < 4.78 is 54.5. The van der Waals surface area contributed by atoms with Gasteiger partial charge in [-0.15, -0.1) is 0 Å². The van der Waals surface area contributed by atoms with Gasteiger partial charge in [-0.3, -0.25) is 9.03 Å². The minimum atomic E-state index is -3.85. The number of hydrogen-bond donors (Lipinski definition) is 1. The number of aryl methyl sites for hydroxylation is 1. The van der Waals surface area contributed by atoms with Gasteiger partial charge in [0.05, 0.1) is 22.0 Å². The zero-order chi connectivity index (χ0) is 19.9. The van der Waals surface area contributed by atoms with Crippen molar-refractivity contribution in [1.82, 2.24) is 0 Å². The van der Waals surface area contributed by atoms with E-state index in [1.54, 1.807) is 49.4 Å². The summed E-state index contributed by atoms with van der Waals surface area (Å²) in [6.07, 6.45) is 0.563. The Kier molecular flexibility index (Phi) is 4.55. The summed E-state index contributed by atoms with van der Waals surface area (Å²) in [7, 11) is -7.19. The molecule has 0 aromatic heterocycles. The number of anilines is 2. The molecule has 3 aromatic carbocycles. The van der Waals surface area contributed by atoms with Gasteiger partial charge >= 0.3 is 0 Å². The number of nitrogens with zero attached hydrogens (tertiary/aromatic N) is 1. The van der Waals surface area contributed by atoms with E-state index in [0.29, 0.717) is 35.3 Å². The van der Waals surface area contributed by atoms with E-state index < -0.39 is 20.0 Å². The molecule has 3 aromatic rings. The van der Waals surface area contributed by atoms with Gasteiger partial charge in [0.1, 0.15) is 0 Å². The molecule has 0 amide bonds. The lowest BCUT2D eigenvalue weighted by molar-refractivity contribution is 0.599. The number of rotatable bonds is 4. The van der Waals surface area contributed by atoms with Crippen LogP contribution in [-0.4, -0.2) is 29.1 Å². The van der Waals surface area contributed by atoms with E-state index in [0.717, 1.165) is 5.39 Å². The highest BCUT2D eigenvalue weighted by Gasteiger charge is 2.29. The van der Waals surface area contributed by atoms with Crippen LogP contribution in [0, 0.1) is 6.92 Å². The molecule has 1 N–H and O–H groups in total. The van der Waals surface area contributed by atoms with Gasteiger partial charge < -0.3 is 0 Å². The molecule has 1 aliphatic heterocycles. The molecule has 28 heavy (non-hydrogen) atoms. The quantitative estimate of drug-likeness (QED) is 0.706. The fraction of sp³-hybridized carbons (Fsp3) is 0.200. The molecule has 0 radical (unpaired) electrons. The Hall–Kier alpha value is -2.58. The third-order valence-corrected chi connectivity index (χ3v) is 8.19. The molecular weight excluding hydrogens is 396 g/mol. The third kappa shape index (κ3) is 3.33. The molecule has 0 spiro atoms. The average molecular weight is 417 g/mol. The van der Waals surface area contributed by atoms with E-state index in [1.807, 2.05) is 18.2 Å². The normalized spacial score (nSPS) is 16.4. The van der Waals surface area contributed by atoms with Gasteiger partial charge in [-0.25, -0.2) is 16.8 Å². The van der Waals surface area contributed by atoms with E-state index >= 15 is 0 Å². The van der Waals surface area contributed by atoms with Gasteiger partial charge in [-0.05, 0) is 42.5 Å². The summed E-state index contributed by atoms with van der Waals surface area (Å²) in [6, 6.07) is 17.4. The number of hydrogen-bond acceptors (Lipinski definition) is 4. The van der Waals surface area contributed by atoms with Gasteiger partial charge in [0.25, 0.3) is 10.0 Å². The molecular formula is C20H20N2O4S2. The fourth-order valence-corrected chi connectivity index (χ4v) is 6.34. The van der Waals surface area contributed by atoms with Crippen molar-refractivity contribution >= 4 is 42.2 Å². The Balaban J connectivity index is 1.75. The van der Waals surface area contributed by atoms with Crippen LogP contribution in [0.15, 0.2) is 65.6 Å². The second-order valence-electron chi connectivity index (χ2n) is 6.82. The lowest BCUT2D eigenvalue weighted by Crippen LogP contribution is -2.25. The van der Waals surface area contributed by atoms with E-state index in [4.69, 9.17) is 0 Å². The molecule has 0 aliphatic carbocycles. The Morgan fingerprint density at radius 1 is 1.00 bits per heavy atom. The Bertz CT molecular complexity index is 1260. The van der Waals surface area contributed by atoms with Crippen molar-refractivity contribution in [2.45, 2.75) is 18.2 Å². The fourth-order valence-electron chi connectivity index (χ4n) is 3.43.